The minimum Gasteiger partial charge on any atom is -0.481 e. The van der Waals surface area contributed by atoms with Gasteiger partial charge in [0.2, 0.25) is 5.88 Å². The Morgan fingerprint density at radius 3 is 2.89 bits per heavy atom. The molecule has 2 rings (SSSR count). The second-order valence-electron chi connectivity index (χ2n) is 4.03. The van der Waals surface area contributed by atoms with Gasteiger partial charge in [-0.25, -0.2) is 14.4 Å². The third-order valence-electron chi connectivity index (χ3n) is 2.69. The summed E-state index contributed by atoms with van der Waals surface area (Å²) in [6.45, 7) is 0. The molecule has 0 fully saturated rings. The van der Waals surface area contributed by atoms with Crippen LogP contribution in [0.25, 0.3) is 0 Å². The fraction of sp³-hybridized carbons (Fsp3) is 0.231. The summed E-state index contributed by atoms with van der Waals surface area (Å²) < 4.78 is 19.5. The molecular formula is C13H13BrFN3O. The van der Waals surface area contributed by atoms with E-state index in [0.717, 1.165) is 4.47 Å². The Morgan fingerprint density at radius 1 is 1.37 bits per heavy atom. The van der Waals surface area contributed by atoms with Gasteiger partial charge in [-0.15, -0.1) is 0 Å². The lowest BCUT2D eigenvalue weighted by Crippen LogP contribution is -2.16. The predicted molar refractivity (Wildman–Crippen MR) is 73.3 cm³/mol. The number of hydrogen-bond donors (Lipinski definition) is 1. The van der Waals surface area contributed by atoms with Gasteiger partial charge in [0.15, 0.2) is 0 Å². The summed E-state index contributed by atoms with van der Waals surface area (Å²) in [6, 6.07) is 5.92. The summed E-state index contributed by atoms with van der Waals surface area (Å²) in [5.74, 6) is 0.142. The first kappa shape index (κ1) is 13.9. The molecule has 0 amide bonds. The van der Waals surface area contributed by atoms with E-state index < -0.39 is 6.04 Å². The molecule has 4 nitrogen and oxygen atoms in total. The molecule has 1 heterocycles. The van der Waals surface area contributed by atoms with E-state index in [1.165, 1.54) is 19.5 Å². The van der Waals surface area contributed by atoms with Gasteiger partial charge in [-0.3, -0.25) is 0 Å². The van der Waals surface area contributed by atoms with Crippen molar-refractivity contribution in [1.29, 1.82) is 0 Å². The van der Waals surface area contributed by atoms with E-state index in [2.05, 4.69) is 25.9 Å². The van der Waals surface area contributed by atoms with Gasteiger partial charge < -0.3 is 10.5 Å². The van der Waals surface area contributed by atoms with E-state index in [4.69, 9.17) is 10.5 Å². The zero-order chi connectivity index (χ0) is 13.8. The third kappa shape index (κ3) is 3.48. The van der Waals surface area contributed by atoms with Crippen molar-refractivity contribution in [2.45, 2.75) is 12.5 Å². The van der Waals surface area contributed by atoms with Crippen LogP contribution >= 0.6 is 15.9 Å². The van der Waals surface area contributed by atoms with Crippen LogP contribution in [0.3, 0.4) is 0 Å². The number of halogens is 2. The Morgan fingerprint density at radius 2 is 2.16 bits per heavy atom. The van der Waals surface area contributed by atoms with Crippen LogP contribution in [-0.4, -0.2) is 17.1 Å². The lowest BCUT2D eigenvalue weighted by Gasteiger charge is -2.13. The second-order valence-corrected chi connectivity index (χ2v) is 4.94. The summed E-state index contributed by atoms with van der Waals surface area (Å²) in [5.41, 5.74) is 7.18. The number of hydrogen-bond acceptors (Lipinski definition) is 4. The van der Waals surface area contributed by atoms with Crippen LogP contribution in [-0.2, 0) is 6.42 Å². The molecule has 0 spiro atoms. The Hall–Kier alpha value is -1.53. The number of rotatable bonds is 4. The molecule has 0 radical (unpaired) electrons. The largest absolute Gasteiger partial charge is 0.481 e. The molecule has 19 heavy (non-hydrogen) atoms. The van der Waals surface area contributed by atoms with Crippen molar-refractivity contribution in [2.75, 3.05) is 7.11 Å². The highest BCUT2D eigenvalue weighted by atomic mass is 79.9. The summed E-state index contributed by atoms with van der Waals surface area (Å²) in [6.07, 6.45) is 1.81. The summed E-state index contributed by atoms with van der Waals surface area (Å²) in [4.78, 5) is 8.01. The standard InChI is InChI=1S/C13H13BrFN3O/c1-19-13-6-9(17-7-18-13)5-12(16)10-4-8(14)2-3-11(10)15/h2-4,6-7,12H,5,16H2,1H3. The van der Waals surface area contributed by atoms with Gasteiger partial charge in [-0.1, -0.05) is 15.9 Å². The zero-order valence-electron chi connectivity index (χ0n) is 10.3. The van der Waals surface area contributed by atoms with E-state index >= 15 is 0 Å². The fourth-order valence-corrected chi connectivity index (χ4v) is 2.11. The highest BCUT2D eigenvalue weighted by molar-refractivity contribution is 9.10. The van der Waals surface area contributed by atoms with Crippen LogP contribution in [0.2, 0.25) is 0 Å². The minimum absolute atomic E-state index is 0.322. The first-order valence-corrected chi connectivity index (χ1v) is 6.45. The molecule has 0 saturated carbocycles. The van der Waals surface area contributed by atoms with Crippen LogP contribution in [0.4, 0.5) is 4.39 Å². The Bertz CT molecular complexity index is 580. The molecule has 1 aromatic heterocycles. The number of aromatic nitrogens is 2. The Balaban J connectivity index is 2.20. The molecular weight excluding hydrogens is 313 g/mol. The third-order valence-corrected chi connectivity index (χ3v) is 3.19. The SMILES string of the molecule is COc1cc(CC(N)c2cc(Br)ccc2F)ncn1. The monoisotopic (exact) mass is 325 g/mol. The van der Waals surface area contributed by atoms with Gasteiger partial charge in [0.05, 0.1) is 7.11 Å². The second kappa shape index (κ2) is 6.08. The van der Waals surface area contributed by atoms with E-state index in [9.17, 15) is 4.39 Å². The number of ether oxygens (including phenoxy) is 1. The Labute approximate surface area is 119 Å². The molecule has 1 aromatic carbocycles. The molecule has 0 aliphatic heterocycles. The van der Waals surface area contributed by atoms with Crippen LogP contribution < -0.4 is 10.5 Å². The van der Waals surface area contributed by atoms with E-state index in [-0.39, 0.29) is 5.82 Å². The van der Waals surface area contributed by atoms with Crippen LogP contribution in [0.5, 0.6) is 5.88 Å². The predicted octanol–water partition coefficient (Wildman–Crippen LogP) is 2.63. The highest BCUT2D eigenvalue weighted by Gasteiger charge is 2.14. The number of benzene rings is 1. The molecule has 0 aliphatic carbocycles. The first-order chi connectivity index (χ1) is 9.10. The Kier molecular flexibility index (Phi) is 4.44. The molecule has 1 unspecified atom stereocenters. The minimum atomic E-state index is -0.475. The van der Waals surface area contributed by atoms with Crippen molar-refractivity contribution in [3.8, 4) is 5.88 Å². The van der Waals surface area contributed by atoms with Crippen LogP contribution in [0.1, 0.15) is 17.3 Å². The molecule has 1 atom stereocenters. The highest BCUT2D eigenvalue weighted by Crippen LogP contribution is 2.23. The molecule has 6 heteroatoms. The van der Waals surface area contributed by atoms with Crippen molar-refractivity contribution in [3.05, 3.63) is 52.1 Å². The van der Waals surface area contributed by atoms with Crippen molar-refractivity contribution in [2.24, 2.45) is 5.73 Å². The van der Waals surface area contributed by atoms with Gasteiger partial charge in [-0.05, 0) is 18.2 Å². The maximum atomic E-state index is 13.7. The van der Waals surface area contributed by atoms with Crippen LogP contribution in [0.15, 0.2) is 35.1 Å². The smallest absolute Gasteiger partial charge is 0.216 e. The molecule has 2 aromatic rings. The van der Waals surface area contributed by atoms with Gasteiger partial charge in [0, 0.05) is 34.3 Å². The normalized spacial score (nSPS) is 12.2. The molecule has 0 bridgehead atoms. The van der Waals surface area contributed by atoms with Gasteiger partial charge >= 0.3 is 0 Å². The van der Waals surface area contributed by atoms with Gasteiger partial charge in [0.1, 0.15) is 12.1 Å². The summed E-state index contributed by atoms with van der Waals surface area (Å²) in [7, 11) is 1.53. The van der Waals surface area contributed by atoms with E-state index in [1.54, 1.807) is 18.2 Å². The fourth-order valence-electron chi connectivity index (χ4n) is 1.73. The number of nitrogens with two attached hydrogens (primary N) is 1. The zero-order valence-corrected chi connectivity index (χ0v) is 11.9. The quantitative estimate of drug-likeness (QED) is 0.938. The van der Waals surface area contributed by atoms with Crippen molar-refractivity contribution >= 4 is 15.9 Å². The molecule has 0 aliphatic rings. The molecule has 2 N–H and O–H groups in total. The van der Waals surface area contributed by atoms with Crippen molar-refractivity contribution in [3.63, 3.8) is 0 Å². The topological polar surface area (TPSA) is 61.0 Å². The van der Waals surface area contributed by atoms with E-state index in [1.807, 2.05) is 0 Å². The number of methoxy groups -OCH3 is 1. The lowest BCUT2D eigenvalue weighted by molar-refractivity contribution is 0.395. The maximum absolute atomic E-state index is 13.7. The van der Waals surface area contributed by atoms with Crippen LogP contribution in [0, 0.1) is 5.82 Å². The molecule has 100 valence electrons. The van der Waals surface area contributed by atoms with Gasteiger partial charge in [-0.2, -0.15) is 0 Å². The van der Waals surface area contributed by atoms with Crippen molar-refractivity contribution in [1.82, 2.24) is 9.97 Å². The maximum Gasteiger partial charge on any atom is 0.216 e. The average molecular weight is 326 g/mol. The number of nitrogens with zero attached hydrogens (tertiary/aromatic N) is 2. The summed E-state index contributed by atoms with van der Waals surface area (Å²) >= 11 is 3.31. The van der Waals surface area contributed by atoms with E-state index in [0.29, 0.717) is 23.6 Å². The van der Waals surface area contributed by atoms with Crippen molar-refractivity contribution < 1.29 is 9.13 Å². The first-order valence-electron chi connectivity index (χ1n) is 5.65. The lowest BCUT2D eigenvalue weighted by atomic mass is 10.0. The van der Waals surface area contributed by atoms with Gasteiger partial charge in [0.25, 0.3) is 0 Å². The summed E-state index contributed by atoms with van der Waals surface area (Å²) in [5, 5.41) is 0. The average Bonchev–Trinajstić information content (AvgIpc) is 2.41. The molecule has 0 saturated heterocycles.